The van der Waals surface area contributed by atoms with Gasteiger partial charge in [0.2, 0.25) is 0 Å². The molecule has 0 aliphatic heterocycles. The number of carboxylic acid groups (broad SMARTS) is 1. The summed E-state index contributed by atoms with van der Waals surface area (Å²) in [6, 6.07) is 8.27. The molecule has 0 aliphatic rings. The van der Waals surface area contributed by atoms with E-state index in [1.54, 1.807) is 41.8 Å². The van der Waals surface area contributed by atoms with Crippen LogP contribution in [0, 0.1) is 0 Å². The summed E-state index contributed by atoms with van der Waals surface area (Å²) in [5.74, 6) is -0.801. The average Bonchev–Trinajstić information content (AvgIpc) is 3.07. The van der Waals surface area contributed by atoms with E-state index in [1.807, 2.05) is 0 Å². The van der Waals surface area contributed by atoms with E-state index in [2.05, 4.69) is 19.6 Å². The van der Waals surface area contributed by atoms with E-state index in [9.17, 15) is 9.90 Å². The topological polar surface area (TPSA) is 88.9 Å². The molecule has 3 aromatic rings. The van der Waals surface area contributed by atoms with Gasteiger partial charge >= 0.3 is 5.97 Å². The fourth-order valence-corrected chi connectivity index (χ4v) is 2.35. The zero-order chi connectivity index (χ0) is 16.2. The lowest BCUT2D eigenvalue weighted by molar-refractivity contribution is 0.0690. The highest BCUT2D eigenvalue weighted by atomic mass is 35.5. The SMILES string of the molecule is O=C(O)c1cc(/C=C/c2csnn2)nc(-c2ccc(Cl)cc2)n1. The van der Waals surface area contributed by atoms with Crippen molar-refractivity contribution in [2.75, 3.05) is 0 Å². The zero-order valence-electron chi connectivity index (χ0n) is 11.5. The van der Waals surface area contributed by atoms with Crippen LogP contribution in [0.25, 0.3) is 23.5 Å². The van der Waals surface area contributed by atoms with Gasteiger partial charge < -0.3 is 5.11 Å². The zero-order valence-corrected chi connectivity index (χ0v) is 13.1. The van der Waals surface area contributed by atoms with Gasteiger partial charge in [-0.2, -0.15) is 0 Å². The molecule has 2 heterocycles. The van der Waals surface area contributed by atoms with Crippen molar-refractivity contribution in [2.45, 2.75) is 0 Å². The van der Waals surface area contributed by atoms with E-state index in [0.29, 0.717) is 27.8 Å². The van der Waals surface area contributed by atoms with Crippen molar-refractivity contribution in [3.8, 4) is 11.4 Å². The Labute approximate surface area is 140 Å². The quantitative estimate of drug-likeness (QED) is 0.779. The molecular weight excluding hydrogens is 336 g/mol. The molecule has 1 N–H and O–H groups in total. The smallest absolute Gasteiger partial charge is 0.354 e. The highest BCUT2D eigenvalue weighted by Gasteiger charge is 2.11. The average molecular weight is 345 g/mol. The van der Waals surface area contributed by atoms with Crippen molar-refractivity contribution in [1.29, 1.82) is 0 Å². The molecule has 0 amide bonds. The lowest BCUT2D eigenvalue weighted by Gasteiger charge is -2.04. The molecule has 8 heteroatoms. The molecule has 23 heavy (non-hydrogen) atoms. The Morgan fingerprint density at radius 1 is 1.13 bits per heavy atom. The minimum atomic E-state index is -1.12. The number of halogens is 1. The summed E-state index contributed by atoms with van der Waals surface area (Å²) < 4.78 is 3.75. The molecule has 6 nitrogen and oxygen atoms in total. The summed E-state index contributed by atoms with van der Waals surface area (Å²) in [5, 5.41) is 15.5. The first kappa shape index (κ1) is 15.3. The molecule has 0 saturated carbocycles. The number of nitrogens with zero attached hydrogens (tertiary/aromatic N) is 4. The number of aromatic carboxylic acids is 1. The standard InChI is InChI=1S/C15H9ClN4O2S/c16-10-3-1-9(2-4-10)14-17-11(7-13(18-14)15(21)22)5-6-12-8-23-20-19-12/h1-8H,(H,21,22)/b6-5+. The largest absolute Gasteiger partial charge is 0.477 e. The van der Waals surface area contributed by atoms with Crippen molar-refractivity contribution in [3.05, 3.63) is 57.8 Å². The van der Waals surface area contributed by atoms with Gasteiger partial charge in [0.05, 0.1) is 11.4 Å². The van der Waals surface area contributed by atoms with Gasteiger partial charge in [0.15, 0.2) is 11.5 Å². The molecule has 1 aromatic carbocycles. The lowest BCUT2D eigenvalue weighted by Crippen LogP contribution is -2.04. The van der Waals surface area contributed by atoms with E-state index in [-0.39, 0.29) is 5.69 Å². The third-order valence-corrected chi connectivity index (χ3v) is 3.64. The van der Waals surface area contributed by atoms with E-state index >= 15 is 0 Å². The maximum atomic E-state index is 11.3. The normalized spacial score (nSPS) is 11.0. The molecule has 0 saturated heterocycles. The van der Waals surface area contributed by atoms with Gasteiger partial charge in [0.25, 0.3) is 0 Å². The van der Waals surface area contributed by atoms with Crippen LogP contribution in [0.15, 0.2) is 35.7 Å². The number of carboxylic acids is 1. The molecule has 0 fully saturated rings. The van der Waals surface area contributed by atoms with Gasteiger partial charge in [-0.25, -0.2) is 14.8 Å². The Morgan fingerprint density at radius 3 is 2.52 bits per heavy atom. The molecule has 3 rings (SSSR count). The van der Waals surface area contributed by atoms with Crippen LogP contribution in [0.1, 0.15) is 21.9 Å². The van der Waals surface area contributed by atoms with Crippen molar-refractivity contribution < 1.29 is 9.90 Å². The Kier molecular flexibility index (Phi) is 4.40. The predicted molar refractivity (Wildman–Crippen MR) is 88.3 cm³/mol. The molecule has 0 radical (unpaired) electrons. The second kappa shape index (κ2) is 6.64. The Bertz CT molecular complexity index is 864. The van der Waals surface area contributed by atoms with Crippen LogP contribution in [0.2, 0.25) is 5.02 Å². The number of aromatic nitrogens is 4. The van der Waals surface area contributed by atoms with Crippen LogP contribution in [0.3, 0.4) is 0 Å². The monoisotopic (exact) mass is 344 g/mol. The third kappa shape index (κ3) is 3.77. The molecule has 0 bridgehead atoms. The van der Waals surface area contributed by atoms with Gasteiger partial charge in [-0.15, -0.1) is 5.10 Å². The van der Waals surface area contributed by atoms with Crippen molar-refractivity contribution in [1.82, 2.24) is 19.6 Å². The third-order valence-electron chi connectivity index (χ3n) is 2.87. The van der Waals surface area contributed by atoms with E-state index in [1.165, 1.54) is 17.6 Å². The Balaban J connectivity index is 2.02. The second-order valence-corrected chi connectivity index (χ2v) is 5.52. The van der Waals surface area contributed by atoms with E-state index in [0.717, 1.165) is 0 Å². The highest BCUT2D eigenvalue weighted by Crippen LogP contribution is 2.19. The first-order valence-electron chi connectivity index (χ1n) is 6.45. The molecule has 0 spiro atoms. The van der Waals surface area contributed by atoms with Gasteiger partial charge in [-0.1, -0.05) is 16.1 Å². The number of carbonyl (C=O) groups is 1. The van der Waals surface area contributed by atoms with Crippen LogP contribution in [0.5, 0.6) is 0 Å². The predicted octanol–water partition coefficient (Wildman–Crippen LogP) is 3.52. The number of hydrogen-bond donors (Lipinski definition) is 1. The molecule has 0 unspecified atom stereocenters. The summed E-state index contributed by atoms with van der Waals surface area (Å²) in [6.07, 6.45) is 3.38. The fourth-order valence-electron chi connectivity index (χ4n) is 1.80. The molecule has 0 aliphatic carbocycles. The molecule has 114 valence electrons. The summed E-state index contributed by atoms with van der Waals surface area (Å²) in [7, 11) is 0. The van der Waals surface area contributed by atoms with Crippen LogP contribution in [-0.4, -0.2) is 30.6 Å². The van der Waals surface area contributed by atoms with Crippen molar-refractivity contribution in [2.24, 2.45) is 0 Å². The van der Waals surface area contributed by atoms with Crippen LogP contribution < -0.4 is 0 Å². The van der Waals surface area contributed by atoms with Crippen LogP contribution in [-0.2, 0) is 0 Å². The Morgan fingerprint density at radius 2 is 1.87 bits per heavy atom. The van der Waals surface area contributed by atoms with Gasteiger partial charge in [0, 0.05) is 16.0 Å². The molecule has 0 atom stereocenters. The fraction of sp³-hybridized carbons (Fsp3) is 0. The van der Waals surface area contributed by atoms with Crippen LogP contribution in [0.4, 0.5) is 0 Å². The number of hydrogen-bond acceptors (Lipinski definition) is 6. The first-order chi connectivity index (χ1) is 11.1. The summed E-state index contributed by atoms with van der Waals surface area (Å²) in [6.45, 7) is 0. The maximum absolute atomic E-state index is 11.3. The van der Waals surface area contributed by atoms with Crippen molar-refractivity contribution >= 4 is 41.3 Å². The van der Waals surface area contributed by atoms with Gasteiger partial charge in [0.1, 0.15) is 0 Å². The minimum absolute atomic E-state index is 0.0824. The van der Waals surface area contributed by atoms with Gasteiger partial charge in [-0.05, 0) is 54.0 Å². The van der Waals surface area contributed by atoms with Gasteiger partial charge in [-0.3, -0.25) is 0 Å². The summed E-state index contributed by atoms with van der Waals surface area (Å²) in [4.78, 5) is 19.7. The second-order valence-electron chi connectivity index (χ2n) is 4.48. The molecular formula is C15H9ClN4O2S. The van der Waals surface area contributed by atoms with Crippen LogP contribution >= 0.6 is 23.1 Å². The number of benzene rings is 1. The minimum Gasteiger partial charge on any atom is -0.477 e. The summed E-state index contributed by atoms with van der Waals surface area (Å²) >= 11 is 7.09. The van der Waals surface area contributed by atoms with E-state index < -0.39 is 5.97 Å². The van der Waals surface area contributed by atoms with Crippen molar-refractivity contribution in [3.63, 3.8) is 0 Å². The first-order valence-corrected chi connectivity index (χ1v) is 7.67. The highest BCUT2D eigenvalue weighted by molar-refractivity contribution is 7.03. The number of rotatable bonds is 4. The summed E-state index contributed by atoms with van der Waals surface area (Å²) in [5.41, 5.74) is 1.75. The molecule has 2 aromatic heterocycles. The Hall–Kier alpha value is -2.64. The van der Waals surface area contributed by atoms with E-state index in [4.69, 9.17) is 11.6 Å². The lowest BCUT2D eigenvalue weighted by atomic mass is 10.2. The maximum Gasteiger partial charge on any atom is 0.354 e.